The first-order chi connectivity index (χ1) is 11.8. The number of phenols is 1. The molecule has 3 rings (SSSR count). The molecule has 5 nitrogen and oxygen atoms in total. The van der Waals surface area contributed by atoms with Crippen molar-refractivity contribution in [1.29, 1.82) is 0 Å². The molecule has 5 heteroatoms. The summed E-state index contributed by atoms with van der Waals surface area (Å²) in [5, 5.41) is 18.7. The summed E-state index contributed by atoms with van der Waals surface area (Å²) in [6.07, 6.45) is 6.65. The number of hydrogen-bond acceptors (Lipinski definition) is 5. The molecule has 0 unspecified atom stereocenters. The summed E-state index contributed by atoms with van der Waals surface area (Å²) in [5.74, 6) is -0.698. The van der Waals surface area contributed by atoms with E-state index in [9.17, 15) is 14.7 Å². The molecular formula is C20H20O5. The number of benzene rings is 1. The van der Waals surface area contributed by atoms with Crippen molar-refractivity contribution < 1.29 is 24.5 Å². The molecular weight excluding hydrogens is 320 g/mol. The van der Waals surface area contributed by atoms with Crippen molar-refractivity contribution in [3.05, 3.63) is 64.5 Å². The van der Waals surface area contributed by atoms with E-state index in [1.807, 2.05) is 19.9 Å². The molecule has 0 amide bonds. The van der Waals surface area contributed by atoms with Crippen molar-refractivity contribution in [2.45, 2.75) is 32.3 Å². The maximum absolute atomic E-state index is 12.7. The molecule has 0 aromatic heterocycles. The van der Waals surface area contributed by atoms with Crippen molar-refractivity contribution in [3.8, 4) is 5.75 Å². The molecule has 0 saturated heterocycles. The monoisotopic (exact) mass is 340 g/mol. The van der Waals surface area contributed by atoms with Crippen LogP contribution in [0.25, 0.3) is 0 Å². The van der Waals surface area contributed by atoms with Gasteiger partial charge in [0, 0.05) is 11.1 Å². The molecule has 1 atom stereocenters. The molecule has 0 fully saturated rings. The number of phenolic OH excluding ortho intramolecular Hbond substituents is 1. The van der Waals surface area contributed by atoms with Gasteiger partial charge in [0.25, 0.3) is 0 Å². The van der Waals surface area contributed by atoms with Gasteiger partial charge in [0.1, 0.15) is 11.4 Å². The fraction of sp³-hybridized carbons (Fsp3) is 0.300. The van der Waals surface area contributed by atoms with Crippen LogP contribution in [0.2, 0.25) is 0 Å². The molecule has 1 aliphatic heterocycles. The SMILES string of the molecule is C/C(=C/CC[C@]1(C)C=CC2=C(O1)C(=O)c1cc(O)ccc1C2=O)CO. The van der Waals surface area contributed by atoms with E-state index in [0.717, 1.165) is 5.57 Å². The molecule has 25 heavy (non-hydrogen) atoms. The lowest BCUT2D eigenvalue weighted by Gasteiger charge is -2.34. The maximum Gasteiger partial charge on any atom is 0.229 e. The molecule has 0 saturated carbocycles. The number of ether oxygens (including phenoxy) is 1. The predicted molar refractivity (Wildman–Crippen MR) is 92.5 cm³/mol. The van der Waals surface area contributed by atoms with Crippen LogP contribution < -0.4 is 0 Å². The van der Waals surface area contributed by atoms with Gasteiger partial charge in [-0.3, -0.25) is 9.59 Å². The smallest absolute Gasteiger partial charge is 0.229 e. The Bertz CT molecular complexity index is 844. The zero-order valence-corrected chi connectivity index (χ0v) is 14.2. The molecule has 1 aliphatic carbocycles. The Kier molecular flexibility index (Phi) is 4.35. The van der Waals surface area contributed by atoms with Crippen LogP contribution in [0.15, 0.2) is 53.3 Å². The third kappa shape index (κ3) is 3.15. The number of rotatable bonds is 4. The normalized spacial score (nSPS) is 22.6. The summed E-state index contributed by atoms with van der Waals surface area (Å²) in [6.45, 7) is 3.70. The highest BCUT2D eigenvalue weighted by Crippen LogP contribution is 2.37. The van der Waals surface area contributed by atoms with Crippen molar-refractivity contribution in [2.75, 3.05) is 6.61 Å². The number of ketones is 2. The Labute approximate surface area is 145 Å². The predicted octanol–water partition coefficient (Wildman–Crippen LogP) is 3.09. The van der Waals surface area contributed by atoms with E-state index in [-0.39, 0.29) is 40.6 Å². The first kappa shape index (κ1) is 17.2. The topological polar surface area (TPSA) is 83.8 Å². The number of fused-ring (bicyclic) bond motifs is 1. The molecule has 0 spiro atoms. The molecule has 2 aliphatic rings. The quantitative estimate of drug-likeness (QED) is 0.823. The van der Waals surface area contributed by atoms with E-state index >= 15 is 0 Å². The van der Waals surface area contributed by atoms with Crippen molar-refractivity contribution in [1.82, 2.24) is 0 Å². The van der Waals surface area contributed by atoms with Gasteiger partial charge in [-0.25, -0.2) is 0 Å². The average Bonchev–Trinajstić information content (AvgIpc) is 2.59. The minimum absolute atomic E-state index is 0.00990. The summed E-state index contributed by atoms with van der Waals surface area (Å²) >= 11 is 0. The van der Waals surface area contributed by atoms with Crippen LogP contribution in [0.3, 0.4) is 0 Å². The van der Waals surface area contributed by atoms with Gasteiger partial charge in [0.05, 0.1) is 12.2 Å². The Hall–Kier alpha value is -2.66. The molecule has 0 radical (unpaired) electrons. The van der Waals surface area contributed by atoms with E-state index in [1.54, 1.807) is 12.2 Å². The van der Waals surface area contributed by atoms with Crippen molar-refractivity contribution in [2.24, 2.45) is 0 Å². The number of Topliss-reactive ketones (excluding diaryl/α,β-unsaturated/α-hetero) is 2. The van der Waals surface area contributed by atoms with Crippen LogP contribution in [0.5, 0.6) is 5.75 Å². The standard InChI is InChI=1S/C20H20O5/c1-12(11-21)4-3-8-20(2)9-7-15-17(23)14-6-5-13(22)10-16(14)18(24)19(15)25-20/h4-7,9-10,21-22H,3,8,11H2,1-2H3/b12-4-/t20-/m1/s1. The number of aliphatic hydroxyl groups excluding tert-OH is 1. The molecule has 130 valence electrons. The van der Waals surface area contributed by atoms with Crippen LogP contribution >= 0.6 is 0 Å². The largest absolute Gasteiger partial charge is 0.508 e. The Morgan fingerprint density at radius 3 is 2.72 bits per heavy atom. The number of aromatic hydroxyl groups is 1. The Morgan fingerprint density at radius 2 is 2.00 bits per heavy atom. The van der Waals surface area contributed by atoms with Gasteiger partial charge in [0.15, 0.2) is 11.5 Å². The minimum Gasteiger partial charge on any atom is -0.508 e. The first-order valence-electron chi connectivity index (χ1n) is 8.16. The fourth-order valence-corrected chi connectivity index (χ4v) is 2.99. The third-order valence-corrected chi connectivity index (χ3v) is 4.51. The summed E-state index contributed by atoms with van der Waals surface area (Å²) < 4.78 is 5.92. The highest BCUT2D eigenvalue weighted by molar-refractivity contribution is 6.27. The van der Waals surface area contributed by atoms with Crippen molar-refractivity contribution >= 4 is 11.6 Å². The van der Waals surface area contributed by atoms with Crippen LogP contribution in [0.1, 0.15) is 47.4 Å². The van der Waals surface area contributed by atoms with E-state index in [2.05, 4.69) is 0 Å². The van der Waals surface area contributed by atoms with E-state index in [0.29, 0.717) is 12.8 Å². The second-order valence-electron chi connectivity index (χ2n) is 6.63. The van der Waals surface area contributed by atoms with Crippen LogP contribution in [0.4, 0.5) is 0 Å². The summed E-state index contributed by atoms with van der Waals surface area (Å²) in [5.41, 5.74) is 0.853. The number of carbonyl (C=O) groups is 2. The number of hydrogen-bond donors (Lipinski definition) is 2. The van der Waals surface area contributed by atoms with Gasteiger partial charge >= 0.3 is 0 Å². The summed E-state index contributed by atoms with van der Waals surface area (Å²) in [4.78, 5) is 25.3. The average molecular weight is 340 g/mol. The minimum atomic E-state index is -0.713. The van der Waals surface area contributed by atoms with Gasteiger partial charge in [-0.1, -0.05) is 11.6 Å². The van der Waals surface area contributed by atoms with Gasteiger partial charge in [-0.15, -0.1) is 0 Å². The highest BCUT2D eigenvalue weighted by Gasteiger charge is 2.39. The molecule has 1 aromatic rings. The van der Waals surface area contributed by atoms with Gasteiger partial charge in [0.2, 0.25) is 5.78 Å². The molecule has 1 aromatic carbocycles. The molecule has 1 heterocycles. The van der Waals surface area contributed by atoms with Gasteiger partial charge < -0.3 is 14.9 Å². The van der Waals surface area contributed by atoms with E-state index in [4.69, 9.17) is 9.84 Å². The summed E-state index contributed by atoms with van der Waals surface area (Å²) in [6, 6.07) is 4.15. The van der Waals surface area contributed by atoms with Crippen LogP contribution in [-0.4, -0.2) is 34.0 Å². The molecule has 2 N–H and O–H groups in total. The molecule has 0 bridgehead atoms. The van der Waals surface area contributed by atoms with Crippen LogP contribution in [0, 0.1) is 0 Å². The zero-order chi connectivity index (χ0) is 18.2. The first-order valence-corrected chi connectivity index (χ1v) is 8.16. The number of allylic oxidation sites excluding steroid dienone is 4. The third-order valence-electron chi connectivity index (χ3n) is 4.51. The highest BCUT2D eigenvalue weighted by atomic mass is 16.5. The Balaban J connectivity index is 1.88. The van der Waals surface area contributed by atoms with Crippen LogP contribution in [-0.2, 0) is 4.74 Å². The Morgan fingerprint density at radius 1 is 1.24 bits per heavy atom. The number of aliphatic hydroxyl groups is 1. The van der Waals surface area contributed by atoms with E-state index in [1.165, 1.54) is 18.2 Å². The second kappa shape index (κ2) is 6.33. The van der Waals surface area contributed by atoms with Gasteiger partial charge in [-0.05, 0) is 57.0 Å². The lowest BCUT2D eigenvalue weighted by molar-refractivity contribution is 0.0395. The van der Waals surface area contributed by atoms with Gasteiger partial charge in [-0.2, -0.15) is 0 Å². The van der Waals surface area contributed by atoms with E-state index < -0.39 is 11.4 Å². The lowest BCUT2D eigenvalue weighted by atomic mass is 9.84. The maximum atomic E-state index is 12.7. The zero-order valence-electron chi connectivity index (χ0n) is 14.2. The fourth-order valence-electron chi connectivity index (χ4n) is 2.99. The number of carbonyl (C=O) groups excluding carboxylic acids is 2. The lowest BCUT2D eigenvalue weighted by Crippen LogP contribution is -2.34. The second-order valence-corrected chi connectivity index (χ2v) is 6.63. The summed E-state index contributed by atoms with van der Waals surface area (Å²) in [7, 11) is 0. The van der Waals surface area contributed by atoms with Crippen molar-refractivity contribution in [3.63, 3.8) is 0 Å².